The highest BCUT2D eigenvalue weighted by Gasteiger charge is 2.15. The highest BCUT2D eigenvalue weighted by Crippen LogP contribution is 2.14. The number of benzene rings is 2. The Morgan fingerprint density at radius 2 is 1.64 bits per heavy atom. The third kappa shape index (κ3) is 11.0. The number of aryl methyl sites for hydroxylation is 1. The molecule has 0 fully saturated rings. The van der Waals surface area contributed by atoms with Crippen LogP contribution in [0.2, 0.25) is 0 Å². The molecule has 0 radical (unpaired) electrons. The van der Waals surface area contributed by atoms with E-state index in [-0.39, 0.29) is 35.7 Å². The lowest BCUT2D eigenvalue weighted by molar-refractivity contribution is -0.143. The number of nitrogens with zero attached hydrogens (tertiary/aromatic N) is 1. The molecule has 0 aliphatic heterocycles. The zero-order chi connectivity index (χ0) is 26.2. The largest absolute Gasteiger partial charge is 0.466 e. The van der Waals surface area contributed by atoms with E-state index in [0.29, 0.717) is 37.4 Å². The van der Waals surface area contributed by atoms with E-state index in [1.807, 2.05) is 49.1 Å². The maximum Gasteiger partial charge on any atom is 0.305 e. The summed E-state index contributed by atoms with van der Waals surface area (Å²) in [4.78, 5) is 38.8. The van der Waals surface area contributed by atoms with Gasteiger partial charge >= 0.3 is 5.97 Å². The maximum atomic E-state index is 12.8. The first kappa shape index (κ1) is 29.0. The molecule has 0 aromatic heterocycles. The van der Waals surface area contributed by atoms with Crippen molar-refractivity contribution in [2.75, 3.05) is 25.0 Å². The van der Waals surface area contributed by atoms with Gasteiger partial charge in [0.1, 0.15) is 0 Å². The van der Waals surface area contributed by atoms with E-state index in [9.17, 15) is 14.4 Å². The first-order valence-electron chi connectivity index (χ1n) is 12.6. The molecule has 7 nitrogen and oxygen atoms in total. The van der Waals surface area contributed by atoms with Gasteiger partial charge in [-0.3, -0.25) is 14.4 Å². The molecule has 36 heavy (non-hydrogen) atoms. The number of carbonyl (C=O) groups excluding carboxylic acids is 3. The van der Waals surface area contributed by atoms with Crippen LogP contribution in [0.3, 0.4) is 0 Å². The predicted molar refractivity (Wildman–Crippen MR) is 147 cm³/mol. The van der Waals surface area contributed by atoms with Crippen LogP contribution in [0, 0.1) is 0 Å². The lowest BCUT2D eigenvalue weighted by Crippen LogP contribution is -2.34. The molecule has 0 aliphatic carbocycles. The summed E-state index contributed by atoms with van der Waals surface area (Å²) >= 11 is 5.24. The standard InChI is InChI=1S/C28H37N3O4S/c1-3-18-31(19-4-2)27(34)23-14-8-15-24(21-23)29-28(36)30-25(32)16-9-17-26(33)35-20-10-13-22-11-6-5-7-12-22/h5-8,11-12,14-15,21H,3-4,9-10,13,16-20H2,1-2H3,(H2,29,30,32,36). The maximum absolute atomic E-state index is 12.8. The van der Waals surface area contributed by atoms with Crippen LogP contribution in [-0.4, -0.2) is 47.5 Å². The monoisotopic (exact) mass is 511 g/mol. The Morgan fingerprint density at radius 3 is 2.33 bits per heavy atom. The first-order valence-corrected chi connectivity index (χ1v) is 13.0. The highest BCUT2D eigenvalue weighted by atomic mass is 32.1. The third-order valence-electron chi connectivity index (χ3n) is 5.40. The molecule has 2 aromatic carbocycles. The van der Waals surface area contributed by atoms with Crippen molar-refractivity contribution in [3.8, 4) is 0 Å². The molecule has 2 N–H and O–H groups in total. The summed E-state index contributed by atoms with van der Waals surface area (Å²) in [5.74, 6) is -0.615. The van der Waals surface area contributed by atoms with E-state index in [0.717, 1.165) is 25.7 Å². The summed E-state index contributed by atoms with van der Waals surface area (Å²) in [6.07, 6.45) is 4.11. The van der Waals surface area contributed by atoms with Crippen LogP contribution < -0.4 is 10.6 Å². The van der Waals surface area contributed by atoms with Gasteiger partial charge in [0.05, 0.1) is 6.61 Å². The Morgan fingerprint density at radius 1 is 0.917 bits per heavy atom. The number of anilines is 1. The minimum atomic E-state index is -0.307. The van der Waals surface area contributed by atoms with Gasteiger partial charge < -0.3 is 20.3 Å². The van der Waals surface area contributed by atoms with Crippen molar-refractivity contribution in [3.05, 3.63) is 65.7 Å². The van der Waals surface area contributed by atoms with E-state index in [2.05, 4.69) is 10.6 Å². The van der Waals surface area contributed by atoms with Crippen molar-refractivity contribution in [1.82, 2.24) is 10.2 Å². The normalized spacial score (nSPS) is 10.4. The molecule has 2 rings (SSSR count). The average molecular weight is 512 g/mol. The number of carbonyl (C=O) groups is 3. The Balaban J connectivity index is 1.68. The van der Waals surface area contributed by atoms with E-state index in [1.54, 1.807) is 24.3 Å². The van der Waals surface area contributed by atoms with Gasteiger partial charge in [0, 0.05) is 37.2 Å². The summed E-state index contributed by atoms with van der Waals surface area (Å²) in [5, 5.41) is 5.72. The van der Waals surface area contributed by atoms with E-state index in [1.165, 1.54) is 5.56 Å². The van der Waals surface area contributed by atoms with Crippen LogP contribution >= 0.6 is 12.2 Å². The van der Waals surface area contributed by atoms with Crippen molar-refractivity contribution in [3.63, 3.8) is 0 Å². The number of esters is 1. The predicted octanol–water partition coefficient (Wildman–Crippen LogP) is 5.11. The molecule has 0 aliphatic rings. The first-order chi connectivity index (χ1) is 17.4. The van der Waals surface area contributed by atoms with Gasteiger partial charge in [0.15, 0.2) is 5.11 Å². The fraction of sp³-hybridized carbons (Fsp3) is 0.429. The molecule has 2 aromatic rings. The van der Waals surface area contributed by atoms with Gasteiger partial charge in [-0.25, -0.2) is 0 Å². The van der Waals surface area contributed by atoms with Gasteiger partial charge in [-0.05, 0) is 68.1 Å². The average Bonchev–Trinajstić information content (AvgIpc) is 2.86. The number of thiocarbonyl (C=S) groups is 1. The molecule has 8 heteroatoms. The number of nitrogens with one attached hydrogen (secondary N) is 2. The fourth-order valence-electron chi connectivity index (χ4n) is 3.69. The molecule has 0 bridgehead atoms. The van der Waals surface area contributed by atoms with Gasteiger partial charge in [-0.1, -0.05) is 50.2 Å². The van der Waals surface area contributed by atoms with Gasteiger partial charge in [-0.15, -0.1) is 0 Å². The lowest BCUT2D eigenvalue weighted by Gasteiger charge is -2.21. The smallest absolute Gasteiger partial charge is 0.305 e. The molecular formula is C28H37N3O4S. The summed E-state index contributed by atoms with van der Waals surface area (Å²) in [6, 6.07) is 17.1. The van der Waals surface area contributed by atoms with Gasteiger partial charge in [0.2, 0.25) is 5.91 Å². The van der Waals surface area contributed by atoms with E-state index >= 15 is 0 Å². The SMILES string of the molecule is CCCN(CCC)C(=O)c1cccc(NC(=S)NC(=O)CCCC(=O)OCCCc2ccccc2)c1. The number of amides is 2. The van der Waals surface area contributed by atoms with Crippen LogP contribution in [0.4, 0.5) is 5.69 Å². The molecule has 0 atom stereocenters. The van der Waals surface area contributed by atoms with E-state index in [4.69, 9.17) is 17.0 Å². The molecule has 0 heterocycles. The molecule has 0 saturated carbocycles. The minimum absolute atomic E-state index is 0.0238. The summed E-state index contributed by atoms with van der Waals surface area (Å²) in [7, 11) is 0. The second-order valence-electron chi connectivity index (χ2n) is 8.54. The molecule has 0 spiro atoms. The molecule has 0 saturated heterocycles. The number of ether oxygens (including phenoxy) is 1. The van der Waals surface area contributed by atoms with Crippen LogP contribution in [-0.2, 0) is 20.7 Å². The van der Waals surface area contributed by atoms with Crippen LogP contribution in [0.15, 0.2) is 54.6 Å². The lowest BCUT2D eigenvalue weighted by atomic mass is 10.1. The molecule has 194 valence electrons. The summed E-state index contributed by atoms with van der Waals surface area (Å²) < 4.78 is 5.24. The Kier molecular flexibility index (Phi) is 13.2. The Bertz CT molecular complexity index is 991. The van der Waals surface area contributed by atoms with Crippen LogP contribution in [0.25, 0.3) is 0 Å². The Hall–Kier alpha value is -3.26. The number of hydrogen-bond acceptors (Lipinski definition) is 5. The number of hydrogen-bond donors (Lipinski definition) is 2. The quantitative estimate of drug-likeness (QED) is 0.208. The minimum Gasteiger partial charge on any atom is -0.466 e. The zero-order valence-corrected chi connectivity index (χ0v) is 22.1. The summed E-state index contributed by atoms with van der Waals surface area (Å²) in [5.41, 5.74) is 2.40. The van der Waals surface area contributed by atoms with Crippen molar-refractivity contribution in [1.29, 1.82) is 0 Å². The van der Waals surface area contributed by atoms with Crippen molar-refractivity contribution >= 4 is 40.8 Å². The van der Waals surface area contributed by atoms with Crippen LogP contribution in [0.1, 0.15) is 68.3 Å². The van der Waals surface area contributed by atoms with Crippen molar-refractivity contribution in [2.24, 2.45) is 0 Å². The highest BCUT2D eigenvalue weighted by molar-refractivity contribution is 7.80. The van der Waals surface area contributed by atoms with Crippen molar-refractivity contribution < 1.29 is 19.1 Å². The Labute approximate surface area is 219 Å². The fourth-order valence-corrected chi connectivity index (χ4v) is 3.92. The van der Waals surface area contributed by atoms with Crippen LogP contribution in [0.5, 0.6) is 0 Å². The number of rotatable bonds is 14. The van der Waals surface area contributed by atoms with Gasteiger partial charge in [0.25, 0.3) is 5.91 Å². The second kappa shape index (κ2) is 16.4. The topological polar surface area (TPSA) is 87.7 Å². The third-order valence-corrected chi connectivity index (χ3v) is 5.60. The van der Waals surface area contributed by atoms with Crippen molar-refractivity contribution in [2.45, 2.75) is 58.8 Å². The molecular weight excluding hydrogens is 474 g/mol. The van der Waals surface area contributed by atoms with Gasteiger partial charge in [-0.2, -0.15) is 0 Å². The molecule has 2 amide bonds. The second-order valence-corrected chi connectivity index (χ2v) is 8.95. The zero-order valence-electron chi connectivity index (χ0n) is 21.3. The summed E-state index contributed by atoms with van der Waals surface area (Å²) in [6.45, 7) is 5.88. The molecule has 0 unspecified atom stereocenters. The van der Waals surface area contributed by atoms with E-state index < -0.39 is 0 Å².